The molecule has 0 saturated heterocycles. The van der Waals surface area contributed by atoms with Gasteiger partial charge in [0.2, 0.25) is 0 Å². The van der Waals surface area contributed by atoms with E-state index in [2.05, 4.69) is 15.3 Å². The van der Waals surface area contributed by atoms with Crippen molar-refractivity contribution in [2.75, 3.05) is 18.2 Å². The van der Waals surface area contributed by atoms with Crippen LogP contribution in [0.15, 0.2) is 41.5 Å². The maximum absolute atomic E-state index is 14.9. The van der Waals surface area contributed by atoms with Crippen LogP contribution in [-0.2, 0) is 10.3 Å². The minimum Gasteiger partial charge on any atom is -0.381 e. The Labute approximate surface area is 178 Å². The molecule has 2 heterocycles. The van der Waals surface area contributed by atoms with Crippen LogP contribution in [0.25, 0.3) is 0 Å². The molecule has 1 aromatic heterocycles. The molecule has 1 aliphatic carbocycles. The molecule has 30 heavy (non-hydrogen) atoms. The lowest BCUT2D eigenvalue weighted by molar-refractivity contribution is 0.101. The van der Waals surface area contributed by atoms with Gasteiger partial charge in [0.25, 0.3) is 5.91 Å². The number of hydrogen-bond donors (Lipinski definition) is 2. The van der Waals surface area contributed by atoms with E-state index in [4.69, 9.17) is 10.5 Å². The molecular weight excluding hydrogens is 410 g/mol. The average molecular weight is 435 g/mol. The topological polar surface area (TPSA) is 89.6 Å². The number of benzene rings is 1. The Morgan fingerprint density at radius 3 is 2.83 bits per heavy atom. The van der Waals surface area contributed by atoms with Gasteiger partial charge in [0.15, 0.2) is 5.17 Å². The molecule has 1 amide bonds. The van der Waals surface area contributed by atoms with Gasteiger partial charge in [-0.15, -0.1) is 0 Å². The number of methoxy groups -OCH3 is 1. The first-order valence-electron chi connectivity index (χ1n) is 9.15. The second kappa shape index (κ2) is 8.69. The highest BCUT2D eigenvalue weighted by Gasteiger charge is 2.52. The molecule has 9 heteroatoms. The number of ether oxygens (including phenoxy) is 1. The summed E-state index contributed by atoms with van der Waals surface area (Å²) in [5, 5.41) is 3.11. The molecule has 1 aliphatic heterocycles. The van der Waals surface area contributed by atoms with E-state index in [-0.39, 0.29) is 25.1 Å². The molecule has 0 unspecified atom stereocenters. The van der Waals surface area contributed by atoms with Gasteiger partial charge in [-0.2, -0.15) is 0 Å². The normalized spacial score (nSPS) is 25.1. The van der Waals surface area contributed by atoms with E-state index in [1.807, 2.05) is 0 Å². The van der Waals surface area contributed by atoms with E-state index in [9.17, 15) is 13.6 Å². The number of fused-ring (bicyclic) bond motifs is 1. The number of carbonyl (C=O) groups is 1. The number of aromatic nitrogens is 1. The second-order valence-corrected chi connectivity index (χ2v) is 8.23. The van der Waals surface area contributed by atoms with Gasteiger partial charge < -0.3 is 15.8 Å². The molecule has 2 aliphatic rings. The molecule has 6 nitrogen and oxygen atoms in total. The number of nitrogens with two attached hydrogens (primary N) is 1. The zero-order chi connectivity index (χ0) is 20.6. The van der Waals surface area contributed by atoms with Crippen LogP contribution < -0.4 is 11.1 Å². The number of aliphatic imine (C=N–C) groups is 1. The molecule has 3 atom stereocenters. The van der Waals surface area contributed by atoms with Gasteiger partial charge in [0.1, 0.15) is 17.3 Å². The third kappa shape index (κ3) is 4.04. The SMILES string of the molecule is C.CO[C@H]1C[C@H]2CSC(N)=N[C@@]2(c2cc(NC(=O)c3ccc(F)cn3)ccc2F)C1. The number of carbonyl (C=O) groups excluding carboxylic acids is 1. The number of thioether (sulfide) groups is 1. The largest absolute Gasteiger partial charge is 0.381 e. The Morgan fingerprint density at radius 1 is 1.33 bits per heavy atom. The summed E-state index contributed by atoms with van der Waals surface area (Å²) in [5.74, 6) is -0.655. The van der Waals surface area contributed by atoms with Crippen LogP contribution >= 0.6 is 11.8 Å². The zero-order valence-electron chi connectivity index (χ0n) is 15.7. The molecular formula is C21H24F2N4O2S. The number of nitrogens with zero attached hydrogens (tertiary/aromatic N) is 2. The van der Waals surface area contributed by atoms with Crippen molar-refractivity contribution < 1.29 is 18.3 Å². The lowest BCUT2D eigenvalue weighted by Gasteiger charge is -2.36. The second-order valence-electron chi connectivity index (χ2n) is 7.19. The van der Waals surface area contributed by atoms with Crippen molar-refractivity contribution in [1.82, 2.24) is 4.98 Å². The summed E-state index contributed by atoms with van der Waals surface area (Å²) < 4.78 is 33.5. The standard InChI is InChI=1S/C20H20F2N4O2S.CH4/c1-28-14-6-11-10-29-19(23)26-20(11,8-14)15-7-13(3-4-16(15)22)25-18(27)17-5-2-12(21)9-24-17;/h2-5,7,9,11,14H,6,8,10H2,1H3,(H2,23,26)(H,25,27);1H4/t11-,14-,20-;/m0./s1. The number of halogens is 2. The van der Waals surface area contributed by atoms with Crippen LogP contribution in [0.2, 0.25) is 0 Å². The zero-order valence-corrected chi connectivity index (χ0v) is 16.5. The lowest BCUT2D eigenvalue weighted by atomic mass is 9.81. The van der Waals surface area contributed by atoms with Crippen LogP contribution in [0.5, 0.6) is 0 Å². The Kier molecular flexibility index (Phi) is 6.42. The molecule has 1 saturated carbocycles. The highest BCUT2D eigenvalue weighted by Crippen LogP contribution is 2.52. The Hall–Kier alpha value is -2.52. The summed E-state index contributed by atoms with van der Waals surface area (Å²) in [6.45, 7) is 0. The molecule has 3 N–H and O–H groups in total. The first-order chi connectivity index (χ1) is 13.9. The van der Waals surface area contributed by atoms with Crippen molar-refractivity contribution in [2.24, 2.45) is 16.6 Å². The smallest absolute Gasteiger partial charge is 0.274 e. The molecule has 2 aromatic rings. The summed E-state index contributed by atoms with van der Waals surface area (Å²) in [5.41, 5.74) is 6.02. The third-order valence-corrected chi connectivity index (χ3v) is 6.44. The minimum atomic E-state index is -0.824. The fourth-order valence-corrected chi connectivity index (χ4v) is 5.09. The maximum atomic E-state index is 14.9. The summed E-state index contributed by atoms with van der Waals surface area (Å²) >= 11 is 1.46. The fourth-order valence-electron chi connectivity index (χ4n) is 4.08. The number of anilines is 1. The van der Waals surface area contributed by atoms with Gasteiger partial charge in [0.05, 0.1) is 17.8 Å². The molecule has 1 aromatic carbocycles. The summed E-state index contributed by atoms with van der Waals surface area (Å²) in [6, 6.07) is 6.81. The Balaban J connectivity index is 0.00000256. The van der Waals surface area contributed by atoms with Gasteiger partial charge in [-0.25, -0.2) is 13.8 Å². The monoisotopic (exact) mass is 434 g/mol. The number of amidine groups is 1. The van der Waals surface area contributed by atoms with Crippen molar-refractivity contribution in [3.63, 3.8) is 0 Å². The van der Waals surface area contributed by atoms with Crippen molar-refractivity contribution >= 4 is 28.5 Å². The van der Waals surface area contributed by atoms with Crippen LogP contribution in [0, 0.1) is 17.6 Å². The van der Waals surface area contributed by atoms with Gasteiger partial charge in [-0.3, -0.25) is 9.79 Å². The van der Waals surface area contributed by atoms with Crippen molar-refractivity contribution in [1.29, 1.82) is 0 Å². The van der Waals surface area contributed by atoms with Crippen molar-refractivity contribution in [3.8, 4) is 0 Å². The summed E-state index contributed by atoms with van der Waals surface area (Å²) in [4.78, 5) is 20.8. The number of nitrogens with one attached hydrogen (secondary N) is 1. The van der Waals surface area contributed by atoms with Gasteiger partial charge >= 0.3 is 0 Å². The Bertz CT molecular complexity index is 970. The Morgan fingerprint density at radius 2 is 2.13 bits per heavy atom. The number of hydrogen-bond acceptors (Lipinski definition) is 6. The minimum absolute atomic E-state index is 0. The highest BCUT2D eigenvalue weighted by molar-refractivity contribution is 8.13. The number of rotatable bonds is 4. The van der Waals surface area contributed by atoms with Gasteiger partial charge in [-0.1, -0.05) is 19.2 Å². The van der Waals surface area contributed by atoms with E-state index in [1.54, 1.807) is 13.2 Å². The van der Waals surface area contributed by atoms with E-state index in [0.717, 1.165) is 24.4 Å². The van der Waals surface area contributed by atoms with Crippen molar-refractivity contribution in [3.05, 3.63) is 59.4 Å². The molecule has 4 rings (SSSR count). The third-order valence-electron chi connectivity index (χ3n) is 5.49. The number of amides is 1. The lowest BCUT2D eigenvalue weighted by Crippen LogP contribution is -2.37. The van der Waals surface area contributed by atoms with E-state index >= 15 is 0 Å². The highest BCUT2D eigenvalue weighted by atomic mass is 32.2. The first kappa shape index (κ1) is 22.2. The quantitative estimate of drug-likeness (QED) is 0.761. The molecule has 0 radical (unpaired) electrons. The summed E-state index contributed by atoms with van der Waals surface area (Å²) in [6.07, 6.45) is 2.20. The van der Waals surface area contributed by atoms with Gasteiger partial charge in [-0.05, 0) is 36.8 Å². The predicted octanol–water partition coefficient (Wildman–Crippen LogP) is 3.93. The van der Waals surface area contributed by atoms with Crippen LogP contribution in [0.3, 0.4) is 0 Å². The van der Waals surface area contributed by atoms with Crippen LogP contribution in [0.4, 0.5) is 14.5 Å². The molecule has 0 bridgehead atoms. The molecule has 0 spiro atoms. The van der Waals surface area contributed by atoms with Gasteiger partial charge in [0, 0.05) is 36.5 Å². The van der Waals surface area contributed by atoms with E-state index < -0.39 is 23.1 Å². The van der Waals surface area contributed by atoms with Crippen LogP contribution in [-0.4, -0.2) is 35.0 Å². The predicted molar refractivity (Wildman–Crippen MR) is 115 cm³/mol. The van der Waals surface area contributed by atoms with E-state index in [0.29, 0.717) is 22.8 Å². The first-order valence-corrected chi connectivity index (χ1v) is 10.1. The molecule has 160 valence electrons. The van der Waals surface area contributed by atoms with E-state index in [1.165, 1.54) is 30.0 Å². The average Bonchev–Trinajstić information content (AvgIpc) is 3.08. The fraction of sp³-hybridized carbons (Fsp3) is 0.381. The summed E-state index contributed by atoms with van der Waals surface area (Å²) in [7, 11) is 1.64. The maximum Gasteiger partial charge on any atom is 0.274 e. The van der Waals surface area contributed by atoms with Crippen molar-refractivity contribution in [2.45, 2.75) is 31.9 Å². The van der Waals surface area contributed by atoms with Crippen LogP contribution in [0.1, 0.15) is 36.3 Å². The number of pyridine rings is 1. The molecule has 1 fully saturated rings.